The fourth-order valence-corrected chi connectivity index (χ4v) is 4.29. The molecule has 23 heavy (non-hydrogen) atoms. The maximum atomic E-state index is 12.8. The van der Waals surface area contributed by atoms with Gasteiger partial charge in [-0.05, 0) is 18.2 Å². The summed E-state index contributed by atoms with van der Waals surface area (Å²) < 4.78 is 29.8. The standard InChI is InChI=1S/C14H18N4O4S/c1-15-12-4-3-11(9-13(12)16(2)14(15)20)23(21,22)18-7-5-17(10-19)6-8-18/h3-4,9-10H,5-8H2,1-2H3. The van der Waals surface area contributed by atoms with Gasteiger partial charge in [-0.2, -0.15) is 4.31 Å². The second-order valence-electron chi connectivity index (χ2n) is 5.60. The van der Waals surface area contributed by atoms with Crippen molar-refractivity contribution in [2.75, 3.05) is 26.2 Å². The summed E-state index contributed by atoms with van der Waals surface area (Å²) in [7, 11) is -0.374. The van der Waals surface area contributed by atoms with Gasteiger partial charge in [0.05, 0.1) is 15.9 Å². The number of hydrogen-bond donors (Lipinski definition) is 0. The topological polar surface area (TPSA) is 84.6 Å². The number of carbonyl (C=O) groups is 1. The van der Waals surface area contributed by atoms with E-state index in [1.807, 2.05) is 0 Å². The maximum Gasteiger partial charge on any atom is 0.328 e. The van der Waals surface area contributed by atoms with E-state index in [4.69, 9.17) is 0 Å². The van der Waals surface area contributed by atoms with Gasteiger partial charge in [0, 0.05) is 40.3 Å². The number of aryl methyl sites for hydroxylation is 2. The molecule has 2 heterocycles. The zero-order valence-corrected chi connectivity index (χ0v) is 13.8. The van der Waals surface area contributed by atoms with Crippen LogP contribution >= 0.6 is 0 Å². The average molecular weight is 338 g/mol. The van der Waals surface area contributed by atoms with Crippen molar-refractivity contribution in [2.45, 2.75) is 4.90 Å². The van der Waals surface area contributed by atoms with E-state index in [0.29, 0.717) is 24.1 Å². The molecule has 9 heteroatoms. The Morgan fingerprint density at radius 1 is 1.00 bits per heavy atom. The van der Waals surface area contributed by atoms with Crippen molar-refractivity contribution >= 4 is 27.5 Å². The third kappa shape index (κ3) is 2.45. The number of rotatable bonds is 3. The lowest BCUT2D eigenvalue weighted by Gasteiger charge is -2.31. The summed E-state index contributed by atoms with van der Waals surface area (Å²) in [5.74, 6) is 0. The predicted molar refractivity (Wildman–Crippen MR) is 84.6 cm³/mol. The van der Waals surface area contributed by atoms with Crippen LogP contribution in [0.5, 0.6) is 0 Å². The molecule has 1 aromatic heterocycles. The number of sulfonamides is 1. The molecular formula is C14H18N4O4S. The van der Waals surface area contributed by atoms with Gasteiger partial charge in [-0.15, -0.1) is 0 Å². The summed E-state index contributed by atoms with van der Waals surface area (Å²) in [5.41, 5.74) is 1.06. The first-order valence-electron chi connectivity index (χ1n) is 7.21. The number of imidazole rings is 1. The second-order valence-corrected chi connectivity index (χ2v) is 7.53. The van der Waals surface area contributed by atoms with E-state index in [-0.39, 0.29) is 23.7 Å². The molecule has 0 spiro atoms. The van der Waals surface area contributed by atoms with E-state index in [1.54, 1.807) is 25.1 Å². The van der Waals surface area contributed by atoms with Gasteiger partial charge in [-0.1, -0.05) is 0 Å². The maximum absolute atomic E-state index is 12.8. The molecule has 0 aliphatic carbocycles. The van der Waals surface area contributed by atoms with Crippen molar-refractivity contribution < 1.29 is 13.2 Å². The molecule has 2 aromatic rings. The van der Waals surface area contributed by atoms with Crippen LogP contribution in [0.25, 0.3) is 11.0 Å². The van der Waals surface area contributed by atoms with Crippen molar-refractivity contribution in [3.8, 4) is 0 Å². The van der Waals surface area contributed by atoms with E-state index >= 15 is 0 Å². The Kier molecular flexibility index (Phi) is 3.77. The number of carbonyl (C=O) groups excluding carboxylic acids is 1. The van der Waals surface area contributed by atoms with Crippen LogP contribution in [0, 0.1) is 0 Å². The number of amides is 1. The molecule has 0 unspecified atom stereocenters. The highest BCUT2D eigenvalue weighted by atomic mass is 32.2. The third-order valence-corrected chi connectivity index (χ3v) is 6.20. The van der Waals surface area contributed by atoms with Crippen molar-refractivity contribution in [3.05, 3.63) is 28.7 Å². The van der Waals surface area contributed by atoms with Gasteiger partial charge < -0.3 is 4.90 Å². The number of aromatic nitrogens is 2. The van der Waals surface area contributed by atoms with Crippen LogP contribution in [-0.2, 0) is 28.9 Å². The first-order chi connectivity index (χ1) is 10.9. The largest absolute Gasteiger partial charge is 0.343 e. The van der Waals surface area contributed by atoms with Crippen LogP contribution in [-0.4, -0.2) is 59.3 Å². The molecule has 1 amide bonds. The van der Waals surface area contributed by atoms with Gasteiger partial charge >= 0.3 is 5.69 Å². The Hall–Kier alpha value is -2.13. The van der Waals surface area contributed by atoms with Gasteiger partial charge in [0.15, 0.2) is 0 Å². The number of benzene rings is 1. The Morgan fingerprint density at radius 2 is 1.61 bits per heavy atom. The molecule has 1 aliphatic rings. The lowest BCUT2D eigenvalue weighted by atomic mass is 10.3. The molecule has 8 nitrogen and oxygen atoms in total. The minimum Gasteiger partial charge on any atom is -0.343 e. The first kappa shape index (κ1) is 15.8. The normalized spacial score (nSPS) is 16.9. The molecule has 0 bridgehead atoms. The summed E-state index contributed by atoms with van der Waals surface area (Å²) in [6.07, 6.45) is 0.732. The monoisotopic (exact) mass is 338 g/mol. The van der Waals surface area contributed by atoms with Crippen molar-refractivity contribution in [1.29, 1.82) is 0 Å². The molecule has 1 aliphatic heterocycles. The minimum absolute atomic E-state index is 0.158. The van der Waals surface area contributed by atoms with E-state index < -0.39 is 10.0 Å². The van der Waals surface area contributed by atoms with Gasteiger partial charge in [0.25, 0.3) is 0 Å². The molecule has 0 atom stereocenters. The summed E-state index contributed by atoms with van der Waals surface area (Å²) in [4.78, 5) is 24.4. The van der Waals surface area contributed by atoms with Crippen LogP contribution in [0.2, 0.25) is 0 Å². The molecule has 124 valence electrons. The van der Waals surface area contributed by atoms with Crippen LogP contribution in [0.15, 0.2) is 27.9 Å². The summed E-state index contributed by atoms with van der Waals surface area (Å²) in [6.45, 7) is 1.31. The molecule has 0 saturated carbocycles. The Balaban J connectivity index is 2.01. The van der Waals surface area contributed by atoms with Crippen LogP contribution in [0.1, 0.15) is 0 Å². The van der Waals surface area contributed by atoms with Gasteiger partial charge in [0.2, 0.25) is 16.4 Å². The Labute approximate surface area is 133 Å². The van der Waals surface area contributed by atoms with Crippen LogP contribution in [0.4, 0.5) is 0 Å². The van der Waals surface area contributed by atoms with E-state index in [1.165, 1.54) is 25.6 Å². The molecule has 1 fully saturated rings. The molecule has 3 rings (SSSR count). The zero-order chi connectivity index (χ0) is 16.8. The number of fused-ring (bicyclic) bond motifs is 1. The lowest BCUT2D eigenvalue weighted by Crippen LogP contribution is -2.47. The number of nitrogens with zero attached hydrogens (tertiary/aromatic N) is 4. The third-order valence-electron chi connectivity index (χ3n) is 4.30. The highest BCUT2D eigenvalue weighted by Crippen LogP contribution is 2.21. The Bertz CT molecular complexity index is 920. The highest BCUT2D eigenvalue weighted by molar-refractivity contribution is 7.89. The number of hydrogen-bond acceptors (Lipinski definition) is 4. The van der Waals surface area contributed by atoms with E-state index in [0.717, 1.165) is 6.41 Å². The fourth-order valence-electron chi connectivity index (χ4n) is 2.85. The molecule has 1 aromatic carbocycles. The zero-order valence-electron chi connectivity index (χ0n) is 13.0. The van der Waals surface area contributed by atoms with Gasteiger partial charge in [-0.3, -0.25) is 13.9 Å². The van der Waals surface area contributed by atoms with Crippen molar-refractivity contribution in [2.24, 2.45) is 14.1 Å². The van der Waals surface area contributed by atoms with Crippen molar-refractivity contribution in [1.82, 2.24) is 18.3 Å². The lowest BCUT2D eigenvalue weighted by molar-refractivity contribution is -0.119. The Morgan fingerprint density at radius 3 is 2.22 bits per heavy atom. The molecule has 1 saturated heterocycles. The quantitative estimate of drug-likeness (QED) is 0.696. The molecule has 0 radical (unpaired) electrons. The highest BCUT2D eigenvalue weighted by Gasteiger charge is 2.28. The summed E-state index contributed by atoms with van der Waals surface area (Å²) in [6, 6.07) is 4.69. The van der Waals surface area contributed by atoms with Gasteiger partial charge in [0.1, 0.15) is 0 Å². The summed E-state index contributed by atoms with van der Waals surface area (Å²) >= 11 is 0. The average Bonchev–Trinajstić information content (AvgIpc) is 2.79. The minimum atomic E-state index is -3.64. The van der Waals surface area contributed by atoms with Crippen molar-refractivity contribution in [3.63, 3.8) is 0 Å². The van der Waals surface area contributed by atoms with Gasteiger partial charge in [-0.25, -0.2) is 13.2 Å². The van der Waals surface area contributed by atoms with E-state index in [2.05, 4.69) is 0 Å². The van der Waals surface area contributed by atoms with Crippen LogP contribution < -0.4 is 5.69 Å². The fraction of sp³-hybridized carbons (Fsp3) is 0.429. The SMILES string of the molecule is Cn1c(=O)n(C)c2cc(S(=O)(=O)N3CCN(C=O)CC3)ccc21. The molecule has 0 N–H and O–H groups in total. The summed E-state index contributed by atoms with van der Waals surface area (Å²) in [5, 5.41) is 0. The smallest absolute Gasteiger partial charge is 0.328 e. The predicted octanol–water partition coefficient (Wildman–Crippen LogP) is -0.660. The first-order valence-corrected chi connectivity index (χ1v) is 8.65. The van der Waals surface area contributed by atoms with E-state index in [9.17, 15) is 18.0 Å². The second kappa shape index (κ2) is 5.50. The molecular weight excluding hydrogens is 320 g/mol. The van der Waals surface area contributed by atoms with Crippen LogP contribution in [0.3, 0.4) is 0 Å². The number of piperazine rings is 1.